The summed E-state index contributed by atoms with van der Waals surface area (Å²) in [6, 6.07) is 16.3. The highest BCUT2D eigenvalue weighted by Crippen LogP contribution is 2.47. The number of ether oxygens (including phenoxy) is 1. The second kappa shape index (κ2) is 6.96. The summed E-state index contributed by atoms with van der Waals surface area (Å²) in [6.07, 6.45) is 2.45. The van der Waals surface area contributed by atoms with Crippen molar-refractivity contribution in [1.29, 1.82) is 0 Å². The van der Waals surface area contributed by atoms with Gasteiger partial charge in [0.2, 0.25) is 0 Å². The number of piperidine rings is 1. The predicted molar refractivity (Wildman–Crippen MR) is 112 cm³/mol. The summed E-state index contributed by atoms with van der Waals surface area (Å²) >= 11 is 0. The Kier molecular flexibility index (Phi) is 4.77. The summed E-state index contributed by atoms with van der Waals surface area (Å²) < 4.78 is 6.29. The molecule has 1 unspecified atom stereocenters. The fourth-order valence-electron chi connectivity index (χ4n) is 4.46. The molecule has 0 spiro atoms. The Bertz CT molecular complexity index is 813. The molecule has 0 aromatic heterocycles. The molecule has 4 rings (SSSR count). The van der Waals surface area contributed by atoms with E-state index in [9.17, 15) is 0 Å². The number of para-hydroxylation sites is 1. The fraction of sp³-hybridized carbons (Fsp3) is 0.500. The molecular formula is C24H32N2O. The lowest BCUT2D eigenvalue weighted by molar-refractivity contribution is 0.118. The van der Waals surface area contributed by atoms with Crippen LogP contribution in [0.25, 0.3) is 0 Å². The van der Waals surface area contributed by atoms with Crippen LogP contribution in [0.2, 0.25) is 0 Å². The number of hydrogen-bond donors (Lipinski definition) is 0. The zero-order chi connectivity index (χ0) is 19.2. The fourth-order valence-corrected chi connectivity index (χ4v) is 4.46. The zero-order valence-corrected chi connectivity index (χ0v) is 17.3. The molecule has 0 radical (unpaired) electrons. The van der Waals surface area contributed by atoms with Crippen LogP contribution in [-0.2, 0) is 5.41 Å². The van der Waals surface area contributed by atoms with Crippen molar-refractivity contribution in [2.24, 2.45) is 0 Å². The molecule has 1 saturated heterocycles. The van der Waals surface area contributed by atoms with E-state index >= 15 is 0 Å². The second-order valence-electron chi connectivity index (χ2n) is 9.28. The maximum absolute atomic E-state index is 6.29. The molecule has 1 atom stereocenters. The summed E-state index contributed by atoms with van der Waals surface area (Å²) in [7, 11) is 4.41. The molecule has 2 aromatic rings. The maximum atomic E-state index is 6.29. The summed E-state index contributed by atoms with van der Waals surface area (Å²) in [4.78, 5) is 5.04. The van der Waals surface area contributed by atoms with E-state index < -0.39 is 0 Å². The molecule has 0 saturated carbocycles. The third-order valence-electron chi connectivity index (χ3n) is 6.20. The van der Waals surface area contributed by atoms with Crippen LogP contribution in [0.4, 0.5) is 0 Å². The Balaban J connectivity index is 1.74. The van der Waals surface area contributed by atoms with Crippen LogP contribution in [0, 0.1) is 0 Å². The number of hydrogen-bond acceptors (Lipinski definition) is 3. The Labute approximate surface area is 163 Å². The first kappa shape index (κ1) is 18.5. The lowest BCUT2D eigenvalue weighted by atomic mass is 9.83. The van der Waals surface area contributed by atoms with E-state index in [1.807, 2.05) is 0 Å². The first-order valence-corrected chi connectivity index (χ1v) is 10.2. The van der Waals surface area contributed by atoms with Gasteiger partial charge >= 0.3 is 0 Å². The SMILES string of the molecule is CN(C)C1CCN(C2c3ccccc3Oc3ccc(C(C)(C)C)cc32)CC1. The highest BCUT2D eigenvalue weighted by Gasteiger charge is 2.35. The predicted octanol–water partition coefficient (Wildman–Crippen LogP) is 5.21. The molecule has 0 bridgehead atoms. The summed E-state index contributed by atoms with van der Waals surface area (Å²) in [5.74, 6) is 2.02. The summed E-state index contributed by atoms with van der Waals surface area (Å²) in [6.45, 7) is 9.10. The third-order valence-corrected chi connectivity index (χ3v) is 6.20. The Morgan fingerprint density at radius 3 is 2.26 bits per heavy atom. The van der Waals surface area contributed by atoms with Gasteiger partial charge in [0.1, 0.15) is 11.5 Å². The standard InChI is InChI=1S/C24H32N2O/c1-24(2,3)17-10-11-22-20(16-17)23(19-8-6-7-9-21(19)27-22)26-14-12-18(13-15-26)25(4)5/h6-11,16,18,23H,12-15H2,1-5H3. The van der Waals surface area contributed by atoms with Gasteiger partial charge in [0.25, 0.3) is 0 Å². The van der Waals surface area contributed by atoms with Gasteiger partial charge < -0.3 is 9.64 Å². The van der Waals surface area contributed by atoms with E-state index in [0.717, 1.165) is 24.6 Å². The Morgan fingerprint density at radius 2 is 1.59 bits per heavy atom. The number of likely N-dealkylation sites (tertiary alicyclic amines) is 1. The molecule has 3 nitrogen and oxygen atoms in total. The molecule has 0 amide bonds. The summed E-state index contributed by atoms with van der Waals surface area (Å²) in [5.41, 5.74) is 4.13. The smallest absolute Gasteiger partial charge is 0.132 e. The topological polar surface area (TPSA) is 15.7 Å². The molecule has 27 heavy (non-hydrogen) atoms. The highest BCUT2D eigenvalue weighted by molar-refractivity contribution is 5.54. The van der Waals surface area contributed by atoms with Crippen LogP contribution in [0.5, 0.6) is 11.5 Å². The molecule has 2 aromatic carbocycles. The van der Waals surface area contributed by atoms with Crippen LogP contribution in [0.1, 0.15) is 56.3 Å². The monoisotopic (exact) mass is 364 g/mol. The molecule has 2 heterocycles. The number of rotatable bonds is 2. The van der Waals surface area contributed by atoms with Gasteiger partial charge in [0.05, 0.1) is 6.04 Å². The van der Waals surface area contributed by atoms with Gasteiger partial charge in [0.15, 0.2) is 0 Å². The average Bonchev–Trinajstić information content (AvgIpc) is 2.65. The van der Waals surface area contributed by atoms with Gasteiger partial charge in [-0.1, -0.05) is 45.0 Å². The van der Waals surface area contributed by atoms with E-state index in [1.165, 1.54) is 29.5 Å². The first-order chi connectivity index (χ1) is 12.8. The minimum atomic E-state index is 0.133. The molecular weight excluding hydrogens is 332 g/mol. The van der Waals surface area contributed by atoms with Crippen LogP contribution in [0.15, 0.2) is 42.5 Å². The number of fused-ring (bicyclic) bond motifs is 2. The molecule has 0 aliphatic carbocycles. The minimum Gasteiger partial charge on any atom is -0.457 e. The lowest BCUT2D eigenvalue weighted by Crippen LogP contribution is -2.44. The third kappa shape index (κ3) is 3.51. The largest absolute Gasteiger partial charge is 0.457 e. The van der Waals surface area contributed by atoms with E-state index in [2.05, 4.69) is 87.1 Å². The van der Waals surface area contributed by atoms with E-state index in [4.69, 9.17) is 4.74 Å². The van der Waals surface area contributed by atoms with Gasteiger partial charge in [0, 0.05) is 30.3 Å². The quantitative estimate of drug-likeness (QED) is 0.728. The summed E-state index contributed by atoms with van der Waals surface area (Å²) in [5, 5.41) is 0. The van der Waals surface area contributed by atoms with Crippen LogP contribution in [-0.4, -0.2) is 43.0 Å². The zero-order valence-electron chi connectivity index (χ0n) is 17.3. The molecule has 144 valence electrons. The van der Waals surface area contributed by atoms with Gasteiger partial charge in [-0.25, -0.2) is 0 Å². The van der Waals surface area contributed by atoms with Crippen LogP contribution < -0.4 is 4.74 Å². The molecule has 0 N–H and O–H groups in total. The van der Waals surface area contributed by atoms with Gasteiger partial charge in [-0.05, 0) is 56.1 Å². The van der Waals surface area contributed by atoms with Gasteiger partial charge in [-0.15, -0.1) is 0 Å². The normalized spacial score (nSPS) is 20.9. The van der Waals surface area contributed by atoms with Crippen molar-refractivity contribution in [2.45, 2.75) is 51.1 Å². The van der Waals surface area contributed by atoms with Gasteiger partial charge in [-0.3, -0.25) is 4.90 Å². The second-order valence-corrected chi connectivity index (χ2v) is 9.28. The lowest BCUT2D eigenvalue weighted by Gasteiger charge is -2.42. The van der Waals surface area contributed by atoms with Crippen molar-refractivity contribution in [3.8, 4) is 11.5 Å². The average molecular weight is 365 g/mol. The Morgan fingerprint density at radius 1 is 0.926 bits per heavy atom. The van der Waals surface area contributed by atoms with Crippen molar-refractivity contribution in [2.75, 3.05) is 27.2 Å². The molecule has 2 aliphatic rings. The maximum Gasteiger partial charge on any atom is 0.132 e. The molecule has 2 aliphatic heterocycles. The number of nitrogens with zero attached hydrogens (tertiary/aromatic N) is 2. The van der Waals surface area contributed by atoms with E-state index in [-0.39, 0.29) is 11.5 Å². The van der Waals surface area contributed by atoms with E-state index in [1.54, 1.807) is 0 Å². The van der Waals surface area contributed by atoms with Crippen molar-refractivity contribution in [1.82, 2.24) is 9.80 Å². The highest BCUT2D eigenvalue weighted by atomic mass is 16.5. The number of benzene rings is 2. The molecule has 1 fully saturated rings. The first-order valence-electron chi connectivity index (χ1n) is 10.2. The minimum absolute atomic E-state index is 0.133. The van der Waals surface area contributed by atoms with Crippen molar-refractivity contribution in [3.05, 3.63) is 59.2 Å². The van der Waals surface area contributed by atoms with Crippen molar-refractivity contribution < 1.29 is 4.74 Å². The van der Waals surface area contributed by atoms with Crippen LogP contribution >= 0.6 is 0 Å². The van der Waals surface area contributed by atoms with E-state index in [0.29, 0.717) is 6.04 Å². The van der Waals surface area contributed by atoms with Crippen molar-refractivity contribution >= 4 is 0 Å². The van der Waals surface area contributed by atoms with Gasteiger partial charge in [-0.2, -0.15) is 0 Å². The molecule has 3 heteroatoms. The Hall–Kier alpha value is -1.84. The van der Waals surface area contributed by atoms with Crippen molar-refractivity contribution in [3.63, 3.8) is 0 Å². The van der Waals surface area contributed by atoms with Crippen LogP contribution in [0.3, 0.4) is 0 Å².